The second-order valence-corrected chi connectivity index (χ2v) is 17.0. The summed E-state index contributed by atoms with van der Waals surface area (Å²) in [4.78, 5) is 64.6. The molecule has 1 aliphatic heterocycles. The number of nitrogens with one attached hydrogen (secondary N) is 2. The average molecular weight is 773 g/mol. The van der Waals surface area contributed by atoms with E-state index in [1.165, 1.54) is 18.6 Å². The molecule has 1 saturated carbocycles. The third kappa shape index (κ3) is 9.17. The molecule has 298 valence electrons. The number of hydrogen-bond donors (Lipinski definition) is 2. The molecule has 0 bridgehead atoms. The summed E-state index contributed by atoms with van der Waals surface area (Å²) in [5, 5.41) is 11.1. The van der Waals surface area contributed by atoms with E-state index in [1.54, 1.807) is 86.1 Å². The molecule has 1 aromatic carbocycles. The number of anilines is 4. The Morgan fingerprint density at radius 3 is 2.11 bits per heavy atom. The first-order chi connectivity index (χ1) is 26.1. The number of nitrogens with zero attached hydrogens (tertiary/aromatic N) is 6. The fourth-order valence-corrected chi connectivity index (χ4v) is 6.30. The predicted molar refractivity (Wildman–Crippen MR) is 208 cm³/mol. The van der Waals surface area contributed by atoms with Crippen molar-refractivity contribution < 1.29 is 37.8 Å². The van der Waals surface area contributed by atoms with Crippen LogP contribution in [0.25, 0.3) is 21.9 Å². The van der Waals surface area contributed by atoms with E-state index >= 15 is 4.39 Å². The molecule has 4 heterocycles. The first kappa shape index (κ1) is 39.9. The van der Waals surface area contributed by atoms with Gasteiger partial charge in [-0.1, -0.05) is 0 Å². The highest BCUT2D eigenvalue weighted by Gasteiger charge is 2.36. The van der Waals surface area contributed by atoms with Gasteiger partial charge in [0.05, 0.1) is 17.6 Å². The van der Waals surface area contributed by atoms with Crippen LogP contribution in [0.15, 0.2) is 36.8 Å². The van der Waals surface area contributed by atoms with Crippen LogP contribution in [0.4, 0.5) is 41.8 Å². The van der Waals surface area contributed by atoms with Crippen LogP contribution in [0.5, 0.6) is 0 Å². The first-order valence-corrected chi connectivity index (χ1v) is 18.5. The minimum absolute atomic E-state index is 0.00233. The highest BCUT2D eigenvalue weighted by Crippen LogP contribution is 2.40. The highest BCUT2D eigenvalue weighted by molar-refractivity contribution is 6.11. The summed E-state index contributed by atoms with van der Waals surface area (Å²) < 4.78 is 35.2. The van der Waals surface area contributed by atoms with Gasteiger partial charge in [0, 0.05) is 59.7 Å². The largest absolute Gasteiger partial charge is 0.444 e. The topological polar surface area (TPSA) is 170 Å². The van der Waals surface area contributed by atoms with Crippen LogP contribution in [0.3, 0.4) is 0 Å². The molecule has 0 unspecified atom stereocenters. The van der Waals surface area contributed by atoms with Gasteiger partial charge >= 0.3 is 18.3 Å². The van der Waals surface area contributed by atoms with Gasteiger partial charge in [0.2, 0.25) is 5.91 Å². The number of ether oxygens (including phenoxy) is 3. The van der Waals surface area contributed by atoms with Crippen LogP contribution in [-0.2, 0) is 32.0 Å². The van der Waals surface area contributed by atoms with Gasteiger partial charge in [-0.25, -0.2) is 23.8 Å². The van der Waals surface area contributed by atoms with Crippen LogP contribution < -0.4 is 15.5 Å². The fraction of sp³-hybridized carbons (Fsp3) is 0.475. The van der Waals surface area contributed by atoms with Gasteiger partial charge in [-0.3, -0.25) is 19.8 Å². The third-order valence-electron chi connectivity index (χ3n) is 8.78. The molecule has 2 N–H and O–H groups in total. The number of carbonyl (C=O) groups excluding carboxylic acids is 4. The molecule has 3 aromatic heterocycles. The Kier molecular flexibility index (Phi) is 10.5. The summed E-state index contributed by atoms with van der Waals surface area (Å²) >= 11 is 0. The molecule has 15 nitrogen and oxygen atoms in total. The van der Waals surface area contributed by atoms with Crippen LogP contribution in [0, 0.1) is 12.7 Å². The van der Waals surface area contributed by atoms with Crippen LogP contribution >= 0.6 is 0 Å². The lowest BCUT2D eigenvalue weighted by Crippen LogP contribution is -2.44. The molecule has 0 spiro atoms. The van der Waals surface area contributed by atoms with Crippen molar-refractivity contribution in [3.8, 4) is 11.1 Å². The molecule has 1 aliphatic carbocycles. The highest BCUT2D eigenvalue weighted by atomic mass is 19.1. The molecule has 4 aromatic rings. The second-order valence-electron chi connectivity index (χ2n) is 17.0. The number of benzene rings is 1. The minimum atomic E-state index is -1.01. The van der Waals surface area contributed by atoms with Gasteiger partial charge in [0.25, 0.3) is 0 Å². The quantitative estimate of drug-likeness (QED) is 0.181. The van der Waals surface area contributed by atoms with Crippen LogP contribution in [0.1, 0.15) is 86.4 Å². The molecule has 56 heavy (non-hydrogen) atoms. The summed E-state index contributed by atoms with van der Waals surface area (Å²) in [5.41, 5.74) is -1.61. The lowest BCUT2D eigenvalue weighted by Gasteiger charge is -2.29. The Hall–Kier alpha value is -5.80. The Labute approximate surface area is 324 Å². The van der Waals surface area contributed by atoms with E-state index in [0.29, 0.717) is 41.6 Å². The molecule has 6 rings (SSSR count). The van der Waals surface area contributed by atoms with E-state index in [0.717, 1.165) is 23.4 Å². The fourth-order valence-electron chi connectivity index (χ4n) is 6.30. The molecular weight excluding hydrogens is 723 g/mol. The molecular formula is C40H49FN8O7. The van der Waals surface area contributed by atoms with E-state index in [4.69, 9.17) is 14.2 Å². The van der Waals surface area contributed by atoms with Gasteiger partial charge < -0.3 is 24.4 Å². The van der Waals surface area contributed by atoms with E-state index in [2.05, 4.69) is 25.7 Å². The van der Waals surface area contributed by atoms with Crippen molar-refractivity contribution >= 4 is 58.0 Å². The monoisotopic (exact) mass is 772 g/mol. The smallest absolute Gasteiger partial charge is 0.424 e. The second kappa shape index (κ2) is 14.7. The lowest BCUT2D eigenvalue weighted by molar-refractivity contribution is -0.132. The van der Waals surface area contributed by atoms with Gasteiger partial charge in [-0.2, -0.15) is 10.00 Å². The van der Waals surface area contributed by atoms with Gasteiger partial charge in [0.15, 0.2) is 11.6 Å². The molecule has 2 aliphatic rings. The zero-order valence-corrected chi connectivity index (χ0v) is 33.5. The number of imide groups is 1. The van der Waals surface area contributed by atoms with Gasteiger partial charge in [-0.05, 0) is 105 Å². The van der Waals surface area contributed by atoms with Crippen molar-refractivity contribution in [3.05, 3.63) is 53.9 Å². The molecule has 0 radical (unpaired) electrons. The summed E-state index contributed by atoms with van der Waals surface area (Å²) in [6.45, 7) is 17.4. The Morgan fingerprint density at radius 2 is 1.50 bits per heavy atom. The molecule has 16 heteroatoms. The average Bonchev–Trinajstić information content (AvgIpc) is 3.84. The number of pyridine rings is 2. The maximum absolute atomic E-state index is 16.9. The number of aromatic nitrogens is 4. The summed E-state index contributed by atoms with van der Waals surface area (Å²) in [6, 6.07) is 5.43. The van der Waals surface area contributed by atoms with Crippen LogP contribution in [-0.4, -0.2) is 78.2 Å². The maximum atomic E-state index is 16.9. The summed E-state index contributed by atoms with van der Waals surface area (Å²) in [6.07, 6.45) is 3.93. The Bertz CT molecular complexity index is 2180. The molecule has 0 saturated heterocycles. The summed E-state index contributed by atoms with van der Waals surface area (Å²) in [7, 11) is 0. The van der Waals surface area contributed by atoms with Crippen molar-refractivity contribution in [3.63, 3.8) is 0 Å². The van der Waals surface area contributed by atoms with Gasteiger partial charge in [-0.15, -0.1) is 0 Å². The Balaban J connectivity index is 1.42. The van der Waals surface area contributed by atoms with Crippen molar-refractivity contribution in [1.82, 2.24) is 24.6 Å². The number of hydrogen-bond acceptors (Lipinski definition) is 11. The zero-order valence-electron chi connectivity index (χ0n) is 33.5. The van der Waals surface area contributed by atoms with Crippen molar-refractivity contribution in [1.29, 1.82) is 0 Å². The molecule has 0 atom stereocenters. The third-order valence-corrected chi connectivity index (χ3v) is 8.78. The van der Waals surface area contributed by atoms with E-state index in [1.807, 2.05) is 11.0 Å². The van der Waals surface area contributed by atoms with E-state index < -0.39 is 40.9 Å². The van der Waals surface area contributed by atoms with Gasteiger partial charge in [0.1, 0.15) is 29.2 Å². The first-order valence-electron chi connectivity index (χ1n) is 18.5. The van der Waals surface area contributed by atoms with Crippen LogP contribution in [0.2, 0.25) is 0 Å². The number of fused-ring (bicyclic) bond motifs is 2. The number of carbonyl (C=O) groups is 4. The van der Waals surface area contributed by atoms with E-state index in [9.17, 15) is 19.2 Å². The van der Waals surface area contributed by atoms with Crippen molar-refractivity contribution in [2.75, 3.05) is 22.1 Å². The maximum Gasteiger partial charge on any atom is 0.424 e. The summed E-state index contributed by atoms with van der Waals surface area (Å²) in [5.74, 6) is 0.0448. The van der Waals surface area contributed by atoms with Crippen molar-refractivity contribution in [2.45, 2.75) is 118 Å². The van der Waals surface area contributed by atoms with Crippen molar-refractivity contribution in [2.24, 2.45) is 0 Å². The number of amides is 4. The standard InChI is InChI=1S/C40H49FN8O7/c1-22-27(18-42-20-29(22)49(36(52)55-39(5,6)7)37(53)56-40(8,9)10)26-15-23-16-30(43-19-28(23)34(33(26)41)45-35(51)54-38(2,3)4)44-31-17-25-13-14-47(24-11-12-24)32(50)21-48(25)46-31/h15-20,24H,11-14,21H2,1-10H3,(H,45,51)(H,43,44,46). The SMILES string of the molecule is Cc1c(-c2cc3cc(Nc4cc5n(n4)CC(=O)N(C4CC4)CC5)ncc3c(NC(=O)OC(C)(C)C)c2F)cncc1N(C(=O)OC(C)(C)C)C(=O)OC(C)(C)C. The number of rotatable bonds is 6. The zero-order chi connectivity index (χ0) is 40.9. The lowest BCUT2D eigenvalue weighted by atomic mass is 9.97. The predicted octanol–water partition coefficient (Wildman–Crippen LogP) is 8.26. The van der Waals surface area contributed by atoms with E-state index in [-0.39, 0.29) is 40.3 Å². The normalized spacial score (nSPS) is 14.8. The molecule has 1 fully saturated rings. The number of halogens is 1. The molecule has 4 amide bonds. The Morgan fingerprint density at radius 1 is 0.857 bits per heavy atom. The minimum Gasteiger partial charge on any atom is -0.444 e.